The Hall–Kier alpha value is -2.01. The van der Waals surface area contributed by atoms with Crippen molar-refractivity contribution in [3.05, 3.63) is 41.3 Å². The van der Waals surface area contributed by atoms with E-state index in [0.717, 1.165) is 22.3 Å². The summed E-state index contributed by atoms with van der Waals surface area (Å²) in [4.78, 5) is 4.49. The lowest BCUT2D eigenvalue weighted by Crippen LogP contribution is -1.98. The summed E-state index contributed by atoms with van der Waals surface area (Å²) in [6.45, 7) is 0. The van der Waals surface area contributed by atoms with Crippen LogP contribution in [0.15, 0.2) is 36.5 Å². The molecule has 3 aromatic rings. The summed E-state index contributed by atoms with van der Waals surface area (Å²) < 4.78 is 2.82. The number of hydrogen-bond acceptors (Lipinski definition) is 3. The van der Waals surface area contributed by atoms with Crippen molar-refractivity contribution in [3.8, 4) is 11.4 Å². The fraction of sp³-hybridized carbons (Fsp3) is 0.214. The normalized spacial score (nSPS) is 14.9. The molecular weight excluding hydrogens is 256 g/mol. The van der Waals surface area contributed by atoms with E-state index in [0.29, 0.717) is 10.8 Å². The monoisotopic (exact) mass is 268 g/mol. The largest absolute Gasteiger partial charge is 0.297 e. The molecule has 1 aliphatic carbocycles. The van der Waals surface area contributed by atoms with Gasteiger partial charge >= 0.3 is 0 Å². The van der Waals surface area contributed by atoms with Gasteiger partial charge in [-0.2, -0.15) is 5.10 Å². The van der Waals surface area contributed by atoms with Gasteiger partial charge in [0.05, 0.1) is 5.52 Å². The molecule has 4 nitrogen and oxygen atoms in total. The minimum absolute atomic E-state index is 0.500. The van der Waals surface area contributed by atoms with Crippen molar-refractivity contribution in [2.45, 2.75) is 18.9 Å². The molecule has 0 bridgehead atoms. The van der Waals surface area contributed by atoms with E-state index >= 15 is 0 Å². The average Bonchev–Trinajstić information content (AvgIpc) is 3.21. The minimum atomic E-state index is 0.500. The molecule has 0 atom stereocenters. The van der Waals surface area contributed by atoms with Gasteiger partial charge in [-0.25, -0.2) is 0 Å². The standard InChI is InChI=1S/C14H12N4S/c19-14-17-16-13(18(14)10-6-7-10)11-5-1-3-9-4-2-8-15-12(9)11/h1-5,8,10H,6-7H2,(H,17,19). The van der Waals surface area contributed by atoms with Crippen molar-refractivity contribution >= 4 is 23.1 Å². The number of pyridine rings is 1. The first kappa shape index (κ1) is 10.9. The Balaban J connectivity index is 2.03. The first-order valence-corrected chi connectivity index (χ1v) is 6.76. The summed E-state index contributed by atoms with van der Waals surface area (Å²) >= 11 is 5.34. The van der Waals surface area contributed by atoms with Gasteiger partial charge in [0.2, 0.25) is 0 Å². The van der Waals surface area contributed by atoms with E-state index in [2.05, 4.69) is 37.9 Å². The highest BCUT2D eigenvalue weighted by molar-refractivity contribution is 7.71. The van der Waals surface area contributed by atoms with Gasteiger partial charge in [-0.1, -0.05) is 18.2 Å². The number of rotatable bonds is 2. The Morgan fingerprint density at radius 1 is 1.21 bits per heavy atom. The Morgan fingerprint density at radius 2 is 2.05 bits per heavy atom. The van der Waals surface area contributed by atoms with Gasteiger partial charge in [-0.3, -0.25) is 14.6 Å². The zero-order valence-corrected chi connectivity index (χ0v) is 11.0. The second-order valence-corrected chi connectivity index (χ2v) is 5.22. The highest BCUT2D eigenvalue weighted by Gasteiger charge is 2.28. The van der Waals surface area contributed by atoms with Gasteiger partial charge in [0, 0.05) is 23.2 Å². The smallest absolute Gasteiger partial charge is 0.195 e. The van der Waals surface area contributed by atoms with Gasteiger partial charge in [0.15, 0.2) is 10.6 Å². The maximum Gasteiger partial charge on any atom is 0.195 e. The molecule has 1 fully saturated rings. The molecule has 94 valence electrons. The van der Waals surface area contributed by atoms with Crippen LogP contribution in [0.25, 0.3) is 22.3 Å². The summed E-state index contributed by atoms with van der Waals surface area (Å²) in [7, 11) is 0. The second kappa shape index (κ2) is 3.99. The van der Waals surface area contributed by atoms with Crippen molar-refractivity contribution < 1.29 is 0 Å². The van der Waals surface area contributed by atoms with Crippen LogP contribution in [0, 0.1) is 4.77 Å². The van der Waals surface area contributed by atoms with E-state index < -0.39 is 0 Å². The average molecular weight is 268 g/mol. The predicted molar refractivity (Wildman–Crippen MR) is 76.4 cm³/mol. The maximum atomic E-state index is 5.34. The molecule has 1 N–H and O–H groups in total. The number of benzene rings is 1. The van der Waals surface area contributed by atoms with Crippen LogP contribution in [0.1, 0.15) is 18.9 Å². The molecule has 5 heteroatoms. The number of nitrogens with zero attached hydrogens (tertiary/aromatic N) is 3. The molecule has 0 spiro atoms. The van der Waals surface area contributed by atoms with Gasteiger partial charge < -0.3 is 0 Å². The number of aromatic nitrogens is 4. The van der Waals surface area contributed by atoms with Crippen LogP contribution < -0.4 is 0 Å². The summed E-state index contributed by atoms with van der Waals surface area (Å²) in [5.74, 6) is 0.900. The molecule has 1 saturated carbocycles. The first-order valence-electron chi connectivity index (χ1n) is 6.35. The van der Waals surface area contributed by atoms with Gasteiger partial charge in [0.1, 0.15) is 0 Å². The maximum absolute atomic E-state index is 5.34. The van der Waals surface area contributed by atoms with Crippen LogP contribution in [0.5, 0.6) is 0 Å². The molecule has 0 amide bonds. The lowest BCUT2D eigenvalue weighted by Gasteiger charge is -2.07. The minimum Gasteiger partial charge on any atom is -0.297 e. The molecule has 19 heavy (non-hydrogen) atoms. The SMILES string of the molecule is S=c1[nH]nc(-c2cccc3cccnc23)n1C1CC1. The third-order valence-electron chi connectivity index (χ3n) is 3.49. The van der Waals surface area contributed by atoms with E-state index in [1.807, 2.05) is 18.3 Å². The Kier molecular flexibility index (Phi) is 2.29. The summed E-state index contributed by atoms with van der Waals surface area (Å²) in [6.07, 6.45) is 4.17. The number of para-hydroxylation sites is 1. The van der Waals surface area contributed by atoms with Crippen LogP contribution in [0.4, 0.5) is 0 Å². The summed E-state index contributed by atoms with van der Waals surface area (Å²) in [6, 6.07) is 10.7. The lowest BCUT2D eigenvalue weighted by atomic mass is 10.1. The molecule has 0 radical (unpaired) electrons. The van der Waals surface area contributed by atoms with E-state index in [9.17, 15) is 0 Å². The number of nitrogens with one attached hydrogen (secondary N) is 1. The van der Waals surface area contributed by atoms with E-state index in [-0.39, 0.29) is 0 Å². The molecule has 0 unspecified atom stereocenters. The van der Waals surface area contributed by atoms with Crippen LogP contribution in [0.3, 0.4) is 0 Å². The quantitative estimate of drug-likeness (QED) is 0.724. The Morgan fingerprint density at radius 3 is 2.89 bits per heavy atom. The highest BCUT2D eigenvalue weighted by Crippen LogP contribution is 2.38. The van der Waals surface area contributed by atoms with Crippen molar-refractivity contribution in [1.29, 1.82) is 0 Å². The van der Waals surface area contributed by atoms with Gasteiger partial charge in [-0.05, 0) is 37.2 Å². The summed E-state index contributed by atoms with van der Waals surface area (Å²) in [5, 5.41) is 8.43. The molecule has 0 aliphatic heterocycles. The zero-order valence-electron chi connectivity index (χ0n) is 10.2. The highest BCUT2D eigenvalue weighted by atomic mass is 32.1. The number of H-pyrrole nitrogens is 1. The van der Waals surface area contributed by atoms with Crippen molar-refractivity contribution in [2.75, 3.05) is 0 Å². The molecule has 1 aliphatic rings. The molecule has 0 saturated heterocycles. The van der Waals surface area contributed by atoms with E-state index in [1.165, 1.54) is 12.8 Å². The molecule has 2 aromatic heterocycles. The lowest BCUT2D eigenvalue weighted by molar-refractivity contribution is 0.735. The predicted octanol–water partition coefficient (Wildman–Crippen LogP) is 3.49. The fourth-order valence-corrected chi connectivity index (χ4v) is 2.73. The van der Waals surface area contributed by atoms with Crippen LogP contribution >= 0.6 is 12.2 Å². The number of fused-ring (bicyclic) bond motifs is 1. The zero-order chi connectivity index (χ0) is 12.8. The molecular formula is C14H12N4S. The number of aromatic amines is 1. The third-order valence-corrected chi connectivity index (χ3v) is 3.78. The summed E-state index contributed by atoms with van der Waals surface area (Å²) in [5.41, 5.74) is 2.01. The van der Waals surface area contributed by atoms with Gasteiger partial charge in [0.25, 0.3) is 0 Å². The van der Waals surface area contributed by atoms with Crippen molar-refractivity contribution in [1.82, 2.24) is 19.7 Å². The fourth-order valence-electron chi connectivity index (χ4n) is 2.45. The Labute approximate surface area is 115 Å². The van der Waals surface area contributed by atoms with Crippen molar-refractivity contribution in [3.63, 3.8) is 0 Å². The molecule has 2 heterocycles. The van der Waals surface area contributed by atoms with Crippen molar-refractivity contribution in [2.24, 2.45) is 0 Å². The number of hydrogen-bond donors (Lipinski definition) is 1. The molecule has 4 rings (SSSR count). The first-order chi connectivity index (χ1) is 9.34. The van der Waals surface area contributed by atoms with Crippen LogP contribution in [0.2, 0.25) is 0 Å². The van der Waals surface area contributed by atoms with E-state index in [4.69, 9.17) is 12.2 Å². The molecule has 1 aromatic carbocycles. The Bertz CT molecular complexity index is 808. The third kappa shape index (κ3) is 1.69. The van der Waals surface area contributed by atoms with E-state index in [1.54, 1.807) is 0 Å². The second-order valence-electron chi connectivity index (χ2n) is 4.83. The van der Waals surface area contributed by atoms with Crippen LogP contribution in [-0.4, -0.2) is 19.7 Å². The van der Waals surface area contributed by atoms with Gasteiger partial charge in [-0.15, -0.1) is 0 Å². The van der Waals surface area contributed by atoms with Crippen LogP contribution in [-0.2, 0) is 0 Å². The topological polar surface area (TPSA) is 46.5 Å².